The van der Waals surface area contributed by atoms with E-state index >= 15 is 0 Å². The van der Waals surface area contributed by atoms with Gasteiger partial charge in [-0.2, -0.15) is 13.2 Å². The van der Waals surface area contributed by atoms with E-state index in [1.165, 1.54) is 0 Å². The minimum Gasteiger partial charge on any atom is -0.383 e. The first-order chi connectivity index (χ1) is 10.1. The van der Waals surface area contributed by atoms with E-state index in [9.17, 15) is 35.1 Å². The van der Waals surface area contributed by atoms with Gasteiger partial charge in [0.1, 0.15) is 5.82 Å². The number of halogens is 8. The maximum Gasteiger partial charge on any atom is 0.417 e. The van der Waals surface area contributed by atoms with Gasteiger partial charge < -0.3 is 5.73 Å². The van der Waals surface area contributed by atoms with Gasteiger partial charge in [-0.05, 0) is 6.07 Å². The summed E-state index contributed by atoms with van der Waals surface area (Å²) in [6, 6.07) is 0.153. The third-order valence-electron chi connectivity index (χ3n) is 2.72. The molecule has 2 N–H and O–H groups in total. The third kappa shape index (κ3) is 2.44. The molecule has 0 bridgehead atoms. The van der Waals surface area contributed by atoms with Crippen LogP contribution >= 0.6 is 0 Å². The maximum atomic E-state index is 13.6. The number of aromatic nitrogens is 1. The minimum atomic E-state index is -4.94. The molecule has 0 spiro atoms. The van der Waals surface area contributed by atoms with E-state index in [1.54, 1.807) is 0 Å². The molecule has 0 atom stereocenters. The molecule has 0 aliphatic heterocycles. The molecule has 0 fully saturated rings. The SMILES string of the molecule is Nc1ncc(C(F)(F)F)cc1-c1c(F)c(F)c(F)c(F)c1F. The summed E-state index contributed by atoms with van der Waals surface area (Å²) < 4.78 is 104. The van der Waals surface area contributed by atoms with Gasteiger partial charge in [0.15, 0.2) is 23.3 Å². The van der Waals surface area contributed by atoms with Crippen LogP contribution in [0.5, 0.6) is 0 Å². The quantitative estimate of drug-likeness (QED) is 0.487. The monoisotopic (exact) mass is 328 g/mol. The standard InChI is InChI=1S/C12H4F8N2/c13-6-5(7(14)9(16)10(17)8(6)15)4-1-3(12(18,19)20)2-22-11(4)21/h1-2H,(H2,21,22). The van der Waals surface area contributed by atoms with Crippen molar-refractivity contribution in [2.75, 3.05) is 5.73 Å². The molecular weight excluding hydrogens is 324 g/mol. The van der Waals surface area contributed by atoms with Gasteiger partial charge in [0, 0.05) is 11.8 Å². The second-order valence-corrected chi connectivity index (χ2v) is 4.10. The predicted molar refractivity (Wildman–Crippen MR) is 58.9 cm³/mol. The number of pyridine rings is 1. The Kier molecular flexibility index (Phi) is 3.71. The molecule has 2 nitrogen and oxygen atoms in total. The number of alkyl halides is 3. The highest BCUT2D eigenvalue weighted by atomic mass is 19.4. The van der Waals surface area contributed by atoms with Crippen molar-refractivity contribution in [3.8, 4) is 11.1 Å². The van der Waals surface area contributed by atoms with Crippen molar-refractivity contribution < 1.29 is 35.1 Å². The van der Waals surface area contributed by atoms with Crippen molar-refractivity contribution in [1.29, 1.82) is 0 Å². The number of benzene rings is 1. The highest BCUT2D eigenvalue weighted by Gasteiger charge is 2.34. The number of rotatable bonds is 1. The van der Waals surface area contributed by atoms with E-state index in [2.05, 4.69) is 4.98 Å². The average molecular weight is 328 g/mol. The Hall–Kier alpha value is -2.39. The third-order valence-corrected chi connectivity index (χ3v) is 2.72. The second kappa shape index (κ2) is 5.11. The number of nitrogens with two attached hydrogens (primary N) is 1. The van der Waals surface area contributed by atoms with Crippen molar-refractivity contribution in [1.82, 2.24) is 4.98 Å². The Morgan fingerprint density at radius 1 is 0.818 bits per heavy atom. The van der Waals surface area contributed by atoms with Crippen LogP contribution in [-0.4, -0.2) is 4.98 Å². The summed E-state index contributed by atoms with van der Waals surface area (Å²) in [5.41, 5.74) is 1.10. The fraction of sp³-hybridized carbons (Fsp3) is 0.0833. The van der Waals surface area contributed by atoms with Crippen LogP contribution in [0.4, 0.5) is 40.9 Å². The first-order valence-corrected chi connectivity index (χ1v) is 5.40. The van der Waals surface area contributed by atoms with Crippen molar-refractivity contribution in [3.63, 3.8) is 0 Å². The Bertz CT molecular complexity index is 725. The molecule has 0 aliphatic rings. The zero-order chi connectivity index (χ0) is 16.8. The Labute approximate surface area is 117 Å². The lowest BCUT2D eigenvalue weighted by Crippen LogP contribution is -2.10. The molecule has 2 rings (SSSR count). The molecule has 0 saturated heterocycles. The Morgan fingerprint density at radius 2 is 1.27 bits per heavy atom. The highest BCUT2D eigenvalue weighted by molar-refractivity contribution is 5.75. The maximum absolute atomic E-state index is 13.6. The molecule has 0 saturated carbocycles. The molecule has 118 valence electrons. The lowest BCUT2D eigenvalue weighted by molar-refractivity contribution is -0.137. The van der Waals surface area contributed by atoms with Gasteiger partial charge in [0.2, 0.25) is 5.82 Å². The molecule has 0 amide bonds. The van der Waals surface area contributed by atoms with Crippen LogP contribution in [0, 0.1) is 29.1 Å². The Balaban J connectivity index is 2.83. The first-order valence-electron chi connectivity index (χ1n) is 5.40. The van der Waals surface area contributed by atoms with Crippen LogP contribution in [0.3, 0.4) is 0 Å². The van der Waals surface area contributed by atoms with E-state index in [0.717, 1.165) is 0 Å². The van der Waals surface area contributed by atoms with Gasteiger partial charge in [-0.15, -0.1) is 0 Å². The zero-order valence-corrected chi connectivity index (χ0v) is 10.2. The summed E-state index contributed by atoms with van der Waals surface area (Å²) >= 11 is 0. The topological polar surface area (TPSA) is 38.9 Å². The van der Waals surface area contributed by atoms with E-state index in [-0.39, 0.29) is 12.3 Å². The molecule has 10 heteroatoms. The lowest BCUT2D eigenvalue weighted by Gasteiger charge is -2.13. The molecule has 22 heavy (non-hydrogen) atoms. The van der Waals surface area contributed by atoms with Gasteiger partial charge in [-0.3, -0.25) is 0 Å². The molecule has 0 aliphatic carbocycles. The van der Waals surface area contributed by atoms with E-state index in [0.29, 0.717) is 0 Å². The summed E-state index contributed by atoms with van der Waals surface area (Å²) in [6.45, 7) is 0. The van der Waals surface area contributed by atoms with Crippen molar-refractivity contribution in [2.45, 2.75) is 6.18 Å². The number of nitrogen functional groups attached to an aromatic ring is 1. The molecular formula is C12H4F8N2. The molecule has 2 aromatic rings. The fourth-order valence-electron chi connectivity index (χ4n) is 1.67. The summed E-state index contributed by atoms with van der Waals surface area (Å²) in [4.78, 5) is 3.07. The van der Waals surface area contributed by atoms with Gasteiger partial charge in [0.25, 0.3) is 0 Å². The van der Waals surface area contributed by atoms with Crippen molar-refractivity contribution in [3.05, 3.63) is 46.9 Å². The number of anilines is 1. The van der Waals surface area contributed by atoms with Crippen LogP contribution in [0.25, 0.3) is 11.1 Å². The fourth-order valence-corrected chi connectivity index (χ4v) is 1.67. The second-order valence-electron chi connectivity index (χ2n) is 4.10. The van der Waals surface area contributed by atoms with Crippen LogP contribution < -0.4 is 5.73 Å². The van der Waals surface area contributed by atoms with Crippen LogP contribution in [0.2, 0.25) is 0 Å². The van der Waals surface area contributed by atoms with Crippen molar-refractivity contribution in [2.24, 2.45) is 0 Å². The lowest BCUT2D eigenvalue weighted by atomic mass is 10.0. The van der Waals surface area contributed by atoms with Crippen LogP contribution in [-0.2, 0) is 6.18 Å². The zero-order valence-electron chi connectivity index (χ0n) is 10.2. The van der Waals surface area contributed by atoms with E-state index in [1.807, 2.05) is 0 Å². The minimum absolute atomic E-state index is 0.153. The van der Waals surface area contributed by atoms with Crippen molar-refractivity contribution >= 4 is 5.82 Å². The van der Waals surface area contributed by atoms with E-state index < -0.39 is 57.8 Å². The molecule has 1 aromatic heterocycles. The summed E-state index contributed by atoms with van der Waals surface area (Å²) in [5.74, 6) is -12.5. The first kappa shape index (κ1) is 16.0. The Morgan fingerprint density at radius 3 is 1.73 bits per heavy atom. The van der Waals surface area contributed by atoms with Gasteiger partial charge in [-0.1, -0.05) is 0 Å². The normalized spacial score (nSPS) is 11.8. The number of nitrogens with zero attached hydrogens (tertiary/aromatic N) is 1. The van der Waals surface area contributed by atoms with E-state index in [4.69, 9.17) is 5.73 Å². The molecule has 1 aromatic carbocycles. The summed E-state index contributed by atoms with van der Waals surface area (Å²) in [5, 5.41) is 0. The van der Waals surface area contributed by atoms with Gasteiger partial charge in [0.05, 0.1) is 11.1 Å². The molecule has 0 unspecified atom stereocenters. The summed E-state index contributed by atoms with van der Waals surface area (Å²) in [7, 11) is 0. The van der Waals surface area contributed by atoms with Gasteiger partial charge in [-0.25, -0.2) is 26.9 Å². The van der Waals surface area contributed by atoms with Gasteiger partial charge >= 0.3 is 6.18 Å². The number of hydrogen-bond donors (Lipinski definition) is 1. The predicted octanol–water partition coefficient (Wildman–Crippen LogP) is 4.05. The van der Waals surface area contributed by atoms with Crippen LogP contribution in [0.15, 0.2) is 12.3 Å². The smallest absolute Gasteiger partial charge is 0.383 e. The number of hydrogen-bond acceptors (Lipinski definition) is 2. The summed E-state index contributed by atoms with van der Waals surface area (Å²) in [6.07, 6.45) is -4.68. The molecule has 0 radical (unpaired) electrons. The largest absolute Gasteiger partial charge is 0.417 e. The average Bonchev–Trinajstić information content (AvgIpc) is 2.44. The van der Waals surface area contributed by atoms with Crippen LogP contribution in [0.1, 0.15) is 5.56 Å². The molecule has 1 heterocycles. The highest BCUT2D eigenvalue weighted by Crippen LogP contribution is 2.37.